The standard InChI is InChI=1S/C37H75NO6/c1-3-5-7-9-11-13-15-17-19-21-23-25-30-42-34-36(35-44-37(40)38-28-27-31-41-33-29-39)43-32-26-24-22-20-18-16-14-12-10-8-6-4-2/h36,39H,3-35H2,1-2H3,(H,38,40). The monoisotopic (exact) mass is 630 g/mol. The number of amides is 1. The predicted octanol–water partition coefficient (Wildman–Crippen LogP) is 9.92. The van der Waals surface area contributed by atoms with E-state index in [0.29, 0.717) is 39.4 Å². The molecule has 0 saturated carbocycles. The Hall–Kier alpha value is -0.890. The van der Waals surface area contributed by atoms with Gasteiger partial charge in [0, 0.05) is 26.4 Å². The molecule has 44 heavy (non-hydrogen) atoms. The number of rotatable bonds is 37. The first-order chi connectivity index (χ1) is 21.7. The molecule has 0 aromatic rings. The van der Waals surface area contributed by atoms with Crippen molar-refractivity contribution in [1.82, 2.24) is 5.32 Å². The second kappa shape index (κ2) is 38.3. The summed E-state index contributed by atoms with van der Waals surface area (Å²) < 4.78 is 22.7. The van der Waals surface area contributed by atoms with Crippen molar-refractivity contribution in [1.29, 1.82) is 0 Å². The molecule has 7 heteroatoms. The van der Waals surface area contributed by atoms with Crippen LogP contribution in [-0.2, 0) is 18.9 Å². The first kappa shape index (κ1) is 43.1. The largest absolute Gasteiger partial charge is 0.447 e. The number of aliphatic hydroxyl groups excluding tert-OH is 1. The van der Waals surface area contributed by atoms with Gasteiger partial charge in [-0.2, -0.15) is 0 Å². The molecule has 0 aliphatic rings. The molecule has 1 amide bonds. The van der Waals surface area contributed by atoms with Gasteiger partial charge in [0.1, 0.15) is 12.7 Å². The van der Waals surface area contributed by atoms with E-state index in [0.717, 1.165) is 19.4 Å². The minimum Gasteiger partial charge on any atom is -0.447 e. The van der Waals surface area contributed by atoms with Crippen molar-refractivity contribution in [2.75, 3.05) is 52.8 Å². The van der Waals surface area contributed by atoms with Crippen molar-refractivity contribution >= 4 is 6.09 Å². The lowest BCUT2D eigenvalue weighted by Crippen LogP contribution is -2.32. The van der Waals surface area contributed by atoms with Gasteiger partial charge in [-0.1, -0.05) is 155 Å². The van der Waals surface area contributed by atoms with E-state index in [1.807, 2.05) is 0 Å². The number of hydrogen-bond donors (Lipinski definition) is 2. The summed E-state index contributed by atoms with van der Waals surface area (Å²) in [6.07, 6.45) is 31.8. The number of nitrogens with one attached hydrogen (secondary N) is 1. The van der Waals surface area contributed by atoms with Gasteiger partial charge in [-0.05, 0) is 19.3 Å². The zero-order chi connectivity index (χ0) is 32.0. The Kier molecular flexibility index (Phi) is 37.5. The fourth-order valence-corrected chi connectivity index (χ4v) is 5.35. The highest BCUT2D eigenvalue weighted by Crippen LogP contribution is 2.13. The summed E-state index contributed by atoms with van der Waals surface area (Å²) in [5.41, 5.74) is 0. The van der Waals surface area contributed by atoms with Crippen molar-refractivity contribution in [3.8, 4) is 0 Å². The molecule has 0 bridgehead atoms. The van der Waals surface area contributed by atoms with Crippen LogP contribution < -0.4 is 5.32 Å². The predicted molar refractivity (Wildman–Crippen MR) is 185 cm³/mol. The zero-order valence-corrected chi connectivity index (χ0v) is 29.4. The van der Waals surface area contributed by atoms with E-state index in [1.165, 1.54) is 141 Å². The van der Waals surface area contributed by atoms with E-state index in [9.17, 15) is 4.79 Å². The van der Waals surface area contributed by atoms with Crippen LogP contribution in [0.25, 0.3) is 0 Å². The Balaban J connectivity index is 3.99. The molecule has 0 aromatic carbocycles. The quantitative estimate of drug-likeness (QED) is 0.0665. The molecule has 7 nitrogen and oxygen atoms in total. The van der Waals surface area contributed by atoms with Crippen LogP contribution in [0.5, 0.6) is 0 Å². The number of carbonyl (C=O) groups is 1. The summed E-state index contributed by atoms with van der Waals surface area (Å²) in [5, 5.41) is 11.5. The third kappa shape index (κ3) is 35.6. The molecule has 1 unspecified atom stereocenters. The molecule has 2 N–H and O–H groups in total. The Labute approximate surface area is 273 Å². The normalized spacial score (nSPS) is 12.1. The van der Waals surface area contributed by atoms with E-state index >= 15 is 0 Å². The Morgan fingerprint density at radius 2 is 0.955 bits per heavy atom. The van der Waals surface area contributed by atoms with E-state index in [-0.39, 0.29) is 19.3 Å². The first-order valence-corrected chi connectivity index (χ1v) is 19.0. The minimum atomic E-state index is -0.438. The third-order valence-electron chi connectivity index (χ3n) is 8.17. The van der Waals surface area contributed by atoms with Crippen LogP contribution in [-0.4, -0.2) is 70.1 Å². The van der Waals surface area contributed by atoms with E-state index in [2.05, 4.69) is 19.2 Å². The maximum absolute atomic E-state index is 12.1. The van der Waals surface area contributed by atoms with Crippen LogP contribution in [0.15, 0.2) is 0 Å². The summed E-state index contributed by atoms with van der Waals surface area (Å²) in [6, 6.07) is 0. The number of alkyl carbamates (subject to hydrolysis) is 1. The zero-order valence-electron chi connectivity index (χ0n) is 29.4. The fourth-order valence-electron chi connectivity index (χ4n) is 5.35. The second-order valence-electron chi connectivity index (χ2n) is 12.6. The highest BCUT2D eigenvalue weighted by molar-refractivity contribution is 5.67. The number of carbonyl (C=O) groups excluding carboxylic acids is 1. The molecule has 0 radical (unpaired) electrons. The summed E-state index contributed by atoms with van der Waals surface area (Å²) in [5.74, 6) is 0. The van der Waals surface area contributed by atoms with Gasteiger partial charge in [-0.25, -0.2) is 4.79 Å². The number of unbranched alkanes of at least 4 members (excludes halogenated alkanes) is 22. The summed E-state index contributed by atoms with van der Waals surface area (Å²) >= 11 is 0. The van der Waals surface area contributed by atoms with Gasteiger partial charge < -0.3 is 29.4 Å². The molecule has 0 aromatic heterocycles. The minimum absolute atomic E-state index is 0.0114. The van der Waals surface area contributed by atoms with Crippen molar-refractivity contribution in [3.05, 3.63) is 0 Å². The molecule has 264 valence electrons. The SMILES string of the molecule is CCCCCCCCCCCCCCOCC(COC(=O)NCCCOCCO)OCCCCCCCCCCCCCC. The van der Waals surface area contributed by atoms with Gasteiger partial charge in [-0.15, -0.1) is 0 Å². The second-order valence-corrected chi connectivity index (χ2v) is 12.6. The number of hydrogen-bond acceptors (Lipinski definition) is 6. The third-order valence-corrected chi connectivity index (χ3v) is 8.17. The molecule has 0 aliphatic carbocycles. The van der Waals surface area contributed by atoms with E-state index in [4.69, 9.17) is 24.1 Å². The molecule has 0 saturated heterocycles. The highest BCUT2D eigenvalue weighted by Gasteiger charge is 2.13. The van der Waals surface area contributed by atoms with Gasteiger partial charge in [-0.3, -0.25) is 0 Å². The molecular formula is C37H75NO6. The topological polar surface area (TPSA) is 86.3 Å². The smallest absolute Gasteiger partial charge is 0.407 e. The molecule has 0 fully saturated rings. The van der Waals surface area contributed by atoms with Gasteiger partial charge in [0.25, 0.3) is 0 Å². The Bertz CT molecular complexity index is 550. The van der Waals surface area contributed by atoms with Gasteiger partial charge in [0.15, 0.2) is 0 Å². The van der Waals surface area contributed by atoms with E-state index in [1.54, 1.807) is 0 Å². The first-order valence-electron chi connectivity index (χ1n) is 19.0. The molecular weight excluding hydrogens is 554 g/mol. The molecule has 0 heterocycles. The molecule has 0 aliphatic heterocycles. The van der Waals surface area contributed by atoms with Gasteiger partial charge >= 0.3 is 6.09 Å². The lowest BCUT2D eigenvalue weighted by Gasteiger charge is -2.18. The van der Waals surface area contributed by atoms with Crippen molar-refractivity contribution < 1.29 is 28.8 Å². The van der Waals surface area contributed by atoms with Crippen molar-refractivity contribution in [2.24, 2.45) is 0 Å². The van der Waals surface area contributed by atoms with Crippen LogP contribution >= 0.6 is 0 Å². The Morgan fingerprint density at radius 3 is 1.43 bits per heavy atom. The summed E-state index contributed by atoms with van der Waals surface area (Å²) in [6.45, 7) is 7.92. The Morgan fingerprint density at radius 1 is 0.523 bits per heavy atom. The average molecular weight is 630 g/mol. The number of aliphatic hydroxyl groups is 1. The molecule has 0 spiro atoms. The van der Waals surface area contributed by atoms with Gasteiger partial charge in [0.05, 0.1) is 19.8 Å². The molecule has 1 atom stereocenters. The van der Waals surface area contributed by atoms with Crippen LogP contribution in [0.4, 0.5) is 4.79 Å². The van der Waals surface area contributed by atoms with Crippen molar-refractivity contribution in [3.63, 3.8) is 0 Å². The van der Waals surface area contributed by atoms with Crippen LogP contribution in [0.2, 0.25) is 0 Å². The van der Waals surface area contributed by atoms with Crippen LogP contribution in [0.3, 0.4) is 0 Å². The van der Waals surface area contributed by atoms with Crippen molar-refractivity contribution in [2.45, 2.75) is 180 Å². The van der Waals surface area contributed by atoms with Crippen LogP contribution in [0, 0.1) is 0 Å². The summed E-state index contributed by atoms with van der Waals surface area (Å²) in [4.78, 5) is 12.1. The van der Waals surface area contributed by atoms with Crippen LogP contribution in [0.1, 0.15) is 174 Å². The molecule has 0 rings (SSSR count). The van der Waals surface area contributed by atoms with Gasteiger partial charge in [0.2, 0.25) is 0 Å². The lowest BCUT2D eigenvalue weighted by atomic mass is 10.1. The number of ether oxygens (including phenoxy) is 4. The van der Waals surface area contributed by atoms with E-state index < -0.39 is 6.09 Å². The highest BCUT2D eigenvalue weighted by atomic mass is 16.6. The summed E-state index contributed by atoms with van der Waals surface area (Å²) in [7, 11) is 0. The lowest BCUT2D eigenvalue weighted by molar-refractivity contribution is -0.0468. The fraction of sp³-hybridized carbons (Fsp3) is 0.973. The maximum atomic E-state index is 12.1. The maximum Gasteiger partial charge on any atom is 0.407 e. The average Bonchev–Trinajstić information content (AvgIpc) is 3.03.